The Morgan fingerprint density at radius 1 is 0.538 bits per heavy atom. The third-order valence-electron chi connectivity index (χ3n) is 21.4. The monoisotopic (exact) mass is 1600 g/mol. The molecule has 35 nitrogen and oxygen atoms in total. The van der Waals surface area contributed by atoms with Gasteiger partial charge in [0.15, 0.2) is 18.9 Å². The summed E-state index contributed by atoms with van der Waals surface area (Å²) in [6.45, 7) is 7.28. The average Bonchev–Trinajstić information content (AvgIpc) is 1.77. The topological polar surface area (TPSA) is 432 Å². The van der Waals surface area contributed by atoms with Gasteiger partial charge in [0.1, 0.15) is 117 Å². The molecule has 0 bridgehead atoms. The first kappa shape index (κ1) is 84.4. The molecule has 6 aromatic heterocycles. The lowest BCUT2D eigenvalue weighted by Crippen LogP contribution is -2.40. The lowest BCUT2D eigenvalue weighted by atomic mass is 9.99. The molecule has 3 fully saturated rings. The standard InChI is InChI=1S/C28H34N6O5.2C27H30N6O6/c1-18(16-38-3)9-21-11-25(30-13-23(21)12-29)32-28(37)34-7-4-5-19-10-22(24(15-35)31-26(19)34)14-33(2)27(36)20-6-8-39-17-20;2*1-32(26(35)22-6-4-8-38-22)13-17-9-16-5-3-7-33(25(16)30-21(17)14-34)27(36)31-24-20-10-19(15-37-2)39-23(20)18(11-28)12-29-24/h10-11,13,15,18,20H,4-9,14,16-17H2,1-3H3,(H,30,32,37);2*9,12,14,19,22H,3-8,10,13,15H2,1-2H3,(H,29,31,36)/t18-,20-;19-,22+;19-,22-/m001/s1. The Bertz CT molecular complexity index is 4690. The molecule has 0 spiro atoms. The van der Waals surface area contributed by atoms with Crippen LogP contribution in [0.1, 0.15) is 157 Å². The maximum atomic E-state index is 13.4. The predicted octanol–water partition coefficient (Wildman–Crippen LogP) is 7.43. The largest absolute Gasteiger partial charge is 0.486 e. The van der Waals surface area contributed by atoms with Crippen LogP contribution in [0.15, 0.2) is 42.9 Å². The maximum Gasteiger partial charge on any atom is 0.328 e. The van der Waals surface area contributed by atoms with Crippen molar-refractivity contribution in [1.29, 1.82) is 15.8 Å². The third kappa shape index (κ3) is 19.6. The number of carbonyl (C=O) groups is 9. The summed E-state index contributed by atoms with van der Waals surface area (Å²) in [6.07, 6.45) is 14.1. The summed E-state index contributed by atoms with van der Waals surface area (Å²) in [5.74, 6) is 2.71. The zero-order chi connectivity index (χ0) is 83.0. The molecule has 3 N–H and O–H groups in total. The number of anilines is 6. The second-order valence-corrected chi connectivity index (χ2v) is 29.9. The van der Waals surface area contributed by atoms with E-state index in [1.54, 1.807) is 63.2 Å². The number of urea groups is 3. The van der Waals surface area contributed by atoms with Crippen molar-refractivity contribution in [2.24, 2.45) is 11.8 Å². The Hall–Kier alpha value is -12.0. The van der Waals surface area contributed by atoms with Gasteiger partial charge in [0.05, 0.1) is 43.7 Å². The van der Waals surface area contributed by atoms with Crippen LogP contribution in [0.5, 0.6) is 11.5 Å². The van der Waals surface area contributed by atoms with Crippen molar-refractivity contribution >= 4 is 89.6 Å². The molecule has 6 aromatic rings. The van der Waals surface area contributed by atoms with Gasteiger partial charge in [0, 0.05) is 155 Å². The molecule has 8 aliphatic rings. The first-order valence-electron chi connectivity index (χ1n) is 39.0. The normalized spacial score (nSPS) is 18.7. The molecule has 8 aliphatic heterocycles. The molecule has 14 rings (SSSR count). The van der Waals surface area contributed by atoms with Crippen LogP contribution < -0.4 is 40.1 Å². The van der Waals surface area contributed by atoms with E-state index in [0.717, 1.165) is 41.5 Å². The highest BCUT2D eigenvalue weighted by atomic mass is 16.5. The quantitative estimate of drug-likeness (QED) is 0.0525. The summed E-state index contributed by atoms with van der Waals surface area (Å²) >= 11 is 0. The number of ether oxygens (including phenoxy) is 8. The number of aromatic nitrogens is 6. The van der Waals surface area contributed by atoms with Crippen molar-refractivity contribution in [3.8, 4) is 29.7 Å². The van der Waals surface area contributed by atoms with E-state index in [0.29, 0.717) is 235 Å². The van der Waals surface area contributed by atoms with Crippen molar-refractivity contribution in [2.45, 2.75) is 141 Å². The number of rotatable bonds is 23. The number of hydrogen-bond donors (Lipinski definition) is 3. The Labute approximate surface area is 676 Å². The number of pyridine rings is 6. The molecule has 6 atom stereocenters. The number of methoxy groups -OCH3 is 3. The number of nitrogens with one attached hydrogen (secondary N) is 3. The Morgan fingerprint density at radius 2 is 0.957 bits per heavy atom. The van der Waals surface area contributed by atoms with Crippen LogP contribution in [0.2, 0.25) is 0 Å². The fourth-order valence-electron chi connectivity index (χ4n) is 15.6. The number of amides is 9. The highest BCUT2D eigenvalue weighted by Gasteiger charge is 2.38. The minimum Gasteiger partial charge on any atom is -0.486 e. The van der Waals surface area contributed by atoms with Gasteiger partial charge < -0.3 is 52.6 Å². The van der Waals surface area contributed by atoms with E-state index >= 15 is 0 Å². The van der Waals surface area contributed by atoms with E-state index in [2.05, 4.69) is 64.1 Å². The van der Waals surface area contributed by atoms with Crippen molar-refractivity contribution in [3.63, 3.8) is 0 Å². The number of likely N-dealkylation sites (N-methyl/N-ethyl adjacent to an activating group) is 2. The molecule has 3 saturated heterocycles. The van der Waals surface area contributed by atoms with E-state index in [1.807, 2.05) is 25.1 Å². The molecule has 0 radical (unpaired) electrons. The lowest BCUT2D eigenvalue weighted by Gasteiger charge is -2.30. The highest BCUT2D eigenvalue weighted by Crippen LogP contribution is 2.40. The predicted molar refractivity (Wildman–Crippen MR) is 421 cm³/mol. The minimum atomic E-state index is -0.452. The van der Waals surface area contributed by atoms with E-state index in [1.165, 1.54) is 33.3 Å². The molecule has 0 aromatic carbocycles. The summed E-state index contributed by atoms with van der Waals surface area (Å²) in [4.78, 5) is 150. The van der Waals surface area contributed by atoms with Crippen LogP contribution in [0.4, 0.5) is 49.3 Å². The average molecular weight is 1600 g/mol. The molecule has 0 saturated carbocycles. The van der Waals surface area contributed by atoms with Crippen LogP contribution in [0.3, 0.4) is 0 Å². The SMILES string of the molecule is COC[C@@H](C)Cc1cc(NC(=O)N2CCCc3cc(CN(C)C(=O)[C@H]4CCOC4)c(C=O)nc32)ncc1C#N.COC[C@@H]1Cc2c(NC(=O)N3CCCc4cc(CN(C)C(=O)[C@H]5CCCO5)c(C=O)nc43)ncc(C#N)c2O1.COC[C@H]1Cc2c(NC(=O)N3CCCc4cc(CN(C)C(=O)[C@H]5CCCO5)c(C=O)nc43)ncc(C#N)c2O1. The number of nitriles is 3. The van der Waals surface area contributed by atoms with Gasteiger partial charge in [-0.25, -0.2) is 44.3 Å². The van der Waals surface area contributed by atoms with E-state index in [-0.39, 0.29) is 89.6 Å². The fourth-order valence-corrected chi connectivity index (χ4v) is 15.6. The fraction of sp³-hybridized carbons (Fsp3) is 0.488. The first-order valence-corrected chi connectivity index (χ1v) is 39.0. The van der Waals surface area contributed by atoms with Gasteiger partial charge in [-0.3, -0.25) is 59.4 Å². The Balaban J connectivity index is 0.000000162. The van der Waals surface area contributed by atoms with Gasteiger partial charge in [-0.15, -0.1) is 0 Å². The Kier molecular flexibility index (Phi) is 28.2. The summed E-state index contributed by atoms with van der Waals surface area (Å²) < 4.78 is 43.7. The summed E-state index contributed by atoms with van der Waals surface area (Å²) in [6, 6.07) is 12.3. The van der Waals surface area contributed by atoms with Gasteiger partial charge in [-0.05, 0) is 129 Å². The third-order valence-corrected chi connectivity index (χ3v) is 21.4. The number of carbonyl (C=O) groups excluding carboxylic acids is 9. The van der Waals surface area contributed by atoms with Crippen molar-refractivity contribution < 1.29 is 81.0 Å². The van der Waals surface area contributed by atoms with E-state index in [9.17, 15) is 58.9 Å². The number of nitrogens with zero attached hydrogens (tertiary/aromatic N) is 15. The second-order valence-electron chi connectivity index (χ2n) is 29.9. The summed E-state index contributed by atoms with van der Waals surface area (Å²) in [5.41, 5.74) is 7.98. The van der Waals surface area contributed by atoms with Crippen molar-refractivity contribution in [1.82, 2.24) is 44.6 Å². The zero-order valence-electron chi connectivity index (χ0n) is 66.5. The molecule has 0 aliphatic carbocycles. The molecule has 35 heteroatoms. The molecular weight excluding hydrogens is 1510 g/mol. The molecule has 9 amide bonds. The van der Waals surface area contributed by atoms with Crippen LogP contribution in [0.25, 0.3) is 0 Å². The van der Waals surface area contributed by atoms with Gasteiger partial charge in [0.25, 0.3) is 11.8 Å². The van der Waals surface area contributed by atoms with Gasteiger partial charge in [-0.2, -0.15) is 15.8 Å². The lowest BCUT2D eigenvalue weighted by molar-refractivity contribution is -0.140. The van der Waals surface area contributed by atoms with E-state index in [4.69, 9.17) is 37.9 Å². The molecular formula is C82H94N18O17. The van der Waals surface area contributed by atoms with Gasteiger partial charge in [0.2, 0.25) is 5.91 Å². The smallest absolute Gasteiger partial charge is 0.328 e. The van der Waals surface area contributed by atoms with Crippen LogP contribution >= 0.6 is 0 Å². The van der Waals surface area contributed by atoms with Crippen molar-refractivity contribution in [3.05, 3.63) is 127 Å². The van der Waals surface area contributed by atoms with Gasteiger partial charge >= 0.3 is 18.1 Å². The molecule has 14 heterocycles. The number of aldehydes is 3. The minimum absolute atomic E-state index is 0.0195. The number of hydrogen-bond acceptors (Lipinski definition) is 26. The van der Waals surface area contributed by atoms with Crippen LogP contribution in [-0.2, 0) is 101 Å². The summed E-state index contributed by atoms with van der Waals surface area (Å²) in [5, 5.41) is 36.9. The number of aryl methyl sites for hydroxylation is 3. The first-order chi connectivity index (χ1) is 56.7. The molecule has 614 valence electrons. The van der Waals surface area contributed by atoms with E-state index < -0.39 is 30.3 Å². The molecule has 117 heavy (non-hydrogen) atoms. The summed E-state index contributed by atoms with van der Waals surface area (Å²) in [7, 11) is 9.84. The van der Waals surface area contributed by atoms with Crippen LogP contribution in [-0.4, -0.2) is 232 Å². The highest BCUT2D eigenvalue weighted by molar-refractivity contribution is 6.04. The molecule has 0 unspecified atom stereocenters. The number of fused-ring (bicyclic) bond motifs is 5. The van der Waals surface area contributed by atoms with Crippen LogP contribution in [0, 0.1) is 45.8 Å². The zero-order valence-corrected chi connectivity index (χ0v) is 66.5. The van der Waals surface area contributed by atoms with Gasteiger partial charge in [-0.1, -0.05) is 6.92 Å². The van der Waals surface area contributed by atoms with Crippen molar-refractivity contribution in [2.75, 3.05) is 139 Å². The second kappa shape index (κ2) is 39.1. The maximum absolute atomic E-state index is 13.4. The Morgan fingerprint density at radius 3 is 1.33 bits per heavy atom.